The van der Waals surface area contributed by atoms with Crippen molar-refractivity contribution in [3.05, 3.63) is 26.4 Å². The Hall–Kier alpha value is -0.420. The minimum absolute atomic E-state index is 0.0739. The third kappa shape index (κ3) is 1.11. The highest BCUT2D eigenvalue weighted by atomic mass is 79.9. The first-order valence-electron chi connectivity index (χ1n) is 4.56. The van der Waals surface area contributed by atoms with Crippen LogP contribution < -0.4 is 5.32 Å². The third-order valence-corrected chi connectivity index (χ3v) is 4.28. The van der Waals surface area contributed by atoms with Gasteiger partial charge >= 0.3 is 0 Å². The summed E-state index contributed by atoms with van der Waals surface area (Å²) >= 11 is 6.48. The second-order valence-electron chi connectivity index (χ2n) is 3.94. The molecule has 1 aliphatic carbocycles. The fraction of sp³-hybridized carbons (Fsp3) is 0.300. The van der Waals surface area contributed by atoms with E-state index in [-0.39, 0.29) is 11.7 Å². The molecular formula is C10H6Br2FNO. The molecule has 0 bridgehead atoms. The van der Waals surface area contributed by atoms with E-state index < -0.39 is 5.41 Å². The first-order chi connectivity index (χ1) is 7.06. The lowest BCUT2D eigenvalue weighted by molar-refractivity contribution is -0.117. The number of carbonyl (C=O) groups excluding carboxylic acids is 1. The van der Waals surface area contributed by atoms with Crippen LogP contribution in [-0.4, -0.2) is 5.91 Å². The fourth-order valence-electron chi connectivity index (χ4n) is 2.12. The average Bonchev–Trinajstić information content (AvgIpc) is 2.89. The lowest BCUT2D eigenvalue weighted by Crippen LogP contribution is -2.19. The summed E-state index contributed by atoms with van der Waals surface area (Å²) in [7, 11) is 0. The van der Waals surface area contributed by atoms with Crippen LogP contribution in [0.3, 0.4) is 0 Å². The van der Waals surface area contributed by atoms with Gasteiger partial charge in [-0.2, -0.15) is 0 Å². The molecule has 1 aromatic rings. The van der Waals surface area contributed by atoms with E-state index in [1.165, 1.54) is 0 Å². The maximum atomic E-state index is 13.9. The largest absolute Gasteiger partial charge is 0.324 e. The number of amides is 1. The van der Waals surface area contributed by atoms with Crippen molar-refractivity contribution in [2.24, 2.45) is 0 Å². The number of rotatable bonds is 0. The molecule has 0 radical (unpaired) electrons. The van der Waals surface area contributed by atoms with E-state index in [0.717, 1.165) is 17.3 Å². The Labute approximate surface area is 102 Å². The second kappa shape index (κ2) is 2.83. The lowest BCUT2D eigenvalue weighted by Gasteiger charge is -2.08. The predicted molar refractivity (Wildman–Crippen MR) is 61.3 cm³/mol. The molecule has 1 fully saturated rings. The molecule has 1 N–H and O–H groups in total. The van der Waals surface area contributed by atoms with Crippen molar-refractivity contribution in [1.29, 1.82) is 0 Å². The molecule has 0 atom stereocenters. The van der Waals surface area contributed by atoms with Crippen molar-refractivity contribution >= 4 is 43.5 Å². The summed E-state index contributed by atoms with van der Waals surface area (Å²) in [6.07, 6.45) is 1.48. The van der Waals surface area contributed by atoms with Crippen molar-refractivity contribution in [1.82, 2.24) is 0 Å². The van der Waals surface area contributed by atoms with Crippen molar-refractivity contribution in [3.8, 4) is 0 Å². The van der Waals surface area contributed by atoms with Crippen LogP contribution in [0.2, 0.25) is 0 Å². The molecule has 1 aliphatic heterocycles. The van der Waals surface area contributed by atoms with Gasteiger partial charge in [0.2, 0.25) is 5.91 Å². The number of carbonyl (C=O) groups is 1. The van der Waals surface area contributed by atoms with Gasteiger partial charge < -0.3 is 5.32 Å². The highest BCUT2D eigenvalue weighted by Crippen LogP contribution is 2.58. The molecule has 0 unspecified atom stereocenters. The molecule has 0 aromatic heterocycles. The Bertz CT molecular complexity index is 497. The second-order valence-corrected chi connectivity index (χ2v) is 5.65. The summed E-state index contributed by atoms with van der Waals surface area (Å²) in [5, 5.41) is 2.74. The molecule has 1 spiro atoms. The molecular weight excluding hydrogens is 329 g/mol. The zero-order chi connectivity index (χ0) is 10.8. The standard InChI is InChI=1S/C10H6Br2FNO/c11-4-3-5(12)8-6(7(4)13)10(1-2-10)9(15)14-8/h3H,1-2H2,(H,14,15). The normalized spacial score (nSPS) is 20.3. The van der Waals surface area contributed by atoms with E-state index in [0.29, 0.717) is 15.7 Å². The smallest absolute Gasteiger partial charge is 0.235 e. The van der Waals surface area contributed by atoms with Crippen LogP contribution in [0.25, 0.3) is 0 Å². The number of benzene rings is 1. The Balaban J connectivity index is 2.35. The SMILES string of the molecule is O=C1Nc2c(Br)cc(Br)c(F)c2C12CC2. The van der Waals surface area contributed by atoms with Crippen LogP contribution in [0, 0.1) is 5.82 Å². The first kappa shape index (κ1) is 9.78. The maximum absolute atomic E-state index is 13.9. The number of anilines is 1. The van der Waals surface area contributed by atoms with Gasteiger partial charge in [-0.05, 0) is 50.8 Å². The topological polar surface area (TPSA) is 29.1 Å². The van der Waals surface area contributed by atoms with Gasteiger partial charge in [-0.3, -0.25) is 4.79 Å². The quantitative estimate of drug-likeness (QED) is 0.724. The van der Waals surface area contributed by atoms with Crippen molar-refractivity contribution in [2.45, 2.75) is 18.3 Å². The van der Waals surface area contributed by atoms with Crippen LogP contribution >= 0.6 is 31.9 Å². The molecule has 1 amide bonds. The molecule has 2 nitrogen and oxygen atoms in total. The molecule has 15 heavy (non-hydrogen) atoms. The van der Waals surface area contributed by atoms with E-state index in [2.05, 4.69) is 37.2 Å². The van der Waals surface area contributed by atoms with Gasteiger partial charge in [0.15, 0.2) is 0 Å². The predicted octanol–water partition coefficient (Wildman–Crippen LogP) is 3.33. The van der Waals surface area contributed by atoms with E-state index in [1.54, 1.807) is 6.07 Å². The summed E-state index contributed by atoms with van der Waals surface area (Å²) in [4.78, 5) is 11.7. The monoisotopic (exact) mass is 333 g/mol. The van der Waals surface area contributed by atoms with E-state index in [4.69, 9.17) is 0 Å². The summed E-state index contributed by atoms with van der Waals surface area (Å²) < 4.78 is 15.1. The highest BCUT2D eigenvalue weighted by Gasteiger charge is 2.58. The first-order valence-corrected chi connectivity index (χ1v) is 6.14. The number of hydrogen-bond acceptors (Lipinski definition) is 1. The fourth-order valence-corrected chi connectivity index (χ4v) is 3.38. The molecule has 2 aliphatic rings. The van der Waals surface area contributed by atoms with Gasteiger partial charge in [-0.1, -0.05) is 0 Å². The number of halogens is 3. The van der Waals surface area contributed by atoms with E-state index in [9.17, 15) is 9.18 Å². The molecule has 3 rings (SSSR count). The van der Waals surface area contributed by atoms with Crippen molar-refractivity contribution in [2.75, 3.05) is 5.32 Å². The van der Waals surface area contributed by atoms with E-state index in [1.807, 2.05) is 0 Å². The zero-order valence-electron chi connectivity index (χ0n) is 7.53. The minimum atomic E-state index is -0.578. The minimum Gasteiger partial charge on any atom is -0.324 e. The highest BCUT2D eigenvalue weighted by molar-refractivity contribution is 9.11. The number of nitrogens with one attached hydrogen (secondary N) is 1. The molecule has 78 valence electrons. The van der Waals surface area contributed by atoms with E-state index >= 15 is 0 Å². The van der Waals surface area contributed by atoms with Gasteiger partial charge in [-0.15, -0.1) is 0 Å². The maximum Gasteiger partial charge on any atom is 0.235 e. The van der Waals surface area contributed by atoms with Crippen molar-refractivity contribution < 1.29 is 9.18 Å². The Morgan fingerprint density at radius 3 is 2.60 bits per heavy atom. The van der Waals surface area contributed by atoms with Crippen LogP contribution in [0.4, 0.5) is 10.1 Å². The van der Waals surface area contributed by atoms with Gasteiger partial charge in [0.25, 0.3) is 0 Å². The van der Waals surface area contributed by atoms with Gasteiger partial charge in [-0.25, -0.2) is 4.39 Å². The average molecular weight is 335 g/mol. The summed E-state index contributed by atoms with van der Waals surface area (Å²) in [6.45, 7) is 0. The summed E-state index contributed by atoms with van der Waals surface area (Å²) in [5.41, 5.74) is 0.540. The van der Waals surface area contributed by atoms with Crippen molar-refractivity contribution in [3.63, 3.8) is 0 Å². The zero-order valence-corrected chi connectivity index (χ0v) is 10.7. The lowest BCUT2D eigenvalue weighted by atomic mass is 9.97. The number of fused-ring (bicyclic) bond motifs is 2. The van der Waals surface area contributed by atoms with Crippen LogP contribution in [-0.2, 0) is 10.2 Å². The summed E-state index contributed by atoms with van der Waals surface area (Å²) in [6, 6.07) is 1.62. The molecule has 5 heteroatoms. The molecule has 1 aromatic carbocycles. The van der Waals surface area contributed by atoms with Crippen LogP contribution in [0.5, 0.6) is 0 Å². The summed E-state index contributed by atoms with van der Waals surface area (Å²) in [5.74, 6) is -0.390. The van der Waals surface area contributed by atoms with Gasteiger partial charge in [0, 0.05) is 10.0 Å². The molecule has 1 saturated carbocycles. The number of hydrogen-bond donors (Lipinski definition) is 1. The molecule has 0 saturated heterocycles. The van der Waals surface area contributed by atoms with Crippen LogP contribution in [0.1, 0.15) is 18.4 Å². The van der Waals surface area contributed by atoms with Crippen LogP contribution in [0.15, 0.2) is 15.0 Å². The Morgan fingerprint density at radius 1 is 1.33 bits per heavy atom. The Morgan fingerprint density at radius 2 is 2.00 bits per heavy atom. The Kier molecular flexibility index (Phi) is 1.84. The van der Waals surface area contributed by atoms with Gasteiger partial charge in [0.1, 0.15) is 5.82 Å². The van der Waals surface area contributed by atoms with Gasteiger partial charge in [0.05, 0.1) is 15.6 Å². The third-order valence-electron chi connectivity index (χ3n) is 3.07. The molecule has 1 heterocycles.